The minimum Gasteiger partial charge on any atom is -0.504 e. The first-order valence-corrected chi connectivity index (χ1v) is 8.84. The number of hydrogen-bond acceptors (Lipinski definition) is 6. The first kappa shape index (κ1) is 17.9. The maximum absolute atomic E-state index is 9.77. The molecule has 0 amide bonds. The van der Waals surface area contributed by atoms with Crippen molar-refractivity contribution in [1.82, 2.24) is 5.01 Å². The molecule has 3 rings (SSSR count). The summed E-state index contributed by atoms with van der Waals surface area (Å²) in [6, 6.07) is 13.3. The fraction of sp³-hybridized carbons (Fsp3) is 0.350. The molecule has 0 atom stereocenters. The third-order valence-corrected chi connectivity index (χ3v) is 4.34. The molecular formula is C20H25N3O3. The second-order valence-corrected chi connectivity index (χ2v) is 6.02. The Kier molecular flexibility index (Phi) is 5.84. The van der Waals surface area contributed by atoms with Gasteiger partial charge in [0.05, 0.1) is 38.7 Å². The molecular weight excluding hydrogens is 330 g/mol. The lowest BCUT2D eigenvalue weighted by atomic mass is 10.2. The molecule has 0 radical (unpaired) electrons. The smallest absolute Gasteiger partial charge is 0.161 e. The molecule has 2 aromatic rings. The van der Waals surface area contributed by atoms with E-state index in [0.717, 1.165) is 43.2 Å². The molecule has 0 aliphatic carbocycles. The van der Waals surface area contributed by atoms with Crippen LogP contribution in [0.4, 0.5) is 5.69 Å². The number of para-hydroxylation sites is 2. The maximum Gasteiger partial charge on any atom is 0.161 e. The normalized spacial score (nSPS) is 14.7. The van der Waals surface area contributed by atoms with E-state index in [1.54, 1.807) is 25.5 Å². The van der Waals surface area contributed by atoms with Crippen LogP contribution >= 0.6 is 0 Å². The van der Waals surface area contributed by atoms with Crippen LogP contribution in [0.3, 0.4) is 0 Å². The molecule has 6 heteroatoms. The third-order valence-electron chi connectivity index (χ3n) is 4.34. The van der Waals surface area contributed by atoms with Crippen LogP contribution in [0.1, 0.15) is 12.5 Å². The number of ether oxygens (including phenoxy) is 2. The summed E-state index contributed by atoms with van der Waals surface area (Å²) in [6.45, 7) is 5.85. The molecule has 0 spiro atoms. The van der Waals surface area contributed by atoms with Crippen molar-refractivity contribution in [2.24, 2.45) is 5.10 Å². The van der Waals surface area contributed by atoms with E-state index in [2.05, 4.69) is 21.1 Å². The largest absolute Gasteiger partial charge is 0.504 e. The summed E-state index contributed by atoms with van der Waals surface area (Å²) in [5.74, 6) is 1.53. The highest BCUT2D eigenvalue weighted by Gasteiger charge is 2.18. The predicted molar refractivity (Wildman–Crippen MR) is 104 cm³/mol. The standard InChI is InChI=1S/C20H25N3O3/c1-3-26-20-14-16(8-9-18(20)24)15-21-23-12-10-22(11-13-23)17-6-4-5-7-19(17)25-2/h4-9,14-15,24H,3,10-13H2,1-2H3/b21-15+. The molecule has 1 aliphatic heterocycles. The topological polar surface area (TPSA) is 57.5 Å². The van der Waals surface area contributed by atoms with Crippen LogP contribution in [0.2, 0.25) is 0 Å². The van der Waals surface area contributed by atoms with E-state index >= 15 is 0 Å². The Morgan fingerprint density at radius 2 is 1.85 bits per heavy atom. The summed E-state index contributed by atoms with van der Waals surface area (Å²) >= 11 is 0. The molecule has 1 aliphatic rings. The molecule has 0 bridgehead atoms. The average Bonchev–Trinajstić information content (AvgIpc) is 2.69. The Labute approximate surface area is 154 Å². The fourth-order valence-corrected chi connectivity index (χ4v) is 2.97. The zero-order valence-corrected chi connectivity index (χ0v) is 15.3. The van der Waals surface area contributed by atoms with E-state index in [0.29, 0.717) is 12.4 Å². The number of phenolic OH excluding ortho intramolecular Hbond substituents is 1. The molecule has 0 saturated carbocycles. The summed E-state index contributed by atoms with van der Waals surface area (Å²) in [5, 5.41) is 16.4. The van der Waals surface area contributed by atoms with Gasteiger partial charge in [-0.15, -0.1) is 0 Å². The van der Waals surface area contributed by atoms with Crippen LogP contribution in [0.5, 0.6) is 17.2 Å². The molecule has 1 N–H and O–H groups in total. The fourth-order valence-electron chi connectivity index (χ4n) is 2.97. The molecule has 1 heterocycles. The van der Waals surface area contributed by atoms with E-state index < -0.39 is 0 Å². The van der Waals surface area contributed by atoms with Crippen LogP contribution in [0.25, 0.3) is 0 Å². The van der Waals surface area contributed by atoms with Gasteiger partial charge < -0.3 is 19.5 Å². The van der Waals surface area contributed by atoms with Gasteiger partial charge in [0.1, 0.15) is 5.75 Å². The highest BCUT2D eigenvalue weighted by molar-refractivity contribution is 5.80. The van der Waals surface area contributed by atoms with E-state index in [9.17, 15) is 5.11 Å². The van der Waals surface area contributed by atoms with Gasteiger partial charge in [0.15, 0.2) is 11.5 Å². The molecule has 6 nitrogen and oxygen atoms in total. The first-order chi connectivity index (χ1) is 12.7. The van der Waals surface area contributed by atoms with Crippen LogP contribution < -0.4 is 14.4 Å². The van der Waals surface area contributed by atoms with Crippen molar-refractivity contribution in [2.45, 2.75) is 6.92 Å². The van der Waals surface area contributed by atoms with E-state index in [1.165, 1.54) is 0 Å². The highest BCUT2D eigenvalue weighted by Crippen LogP contribution is 2.28. The molecule has 138 valence electrons. The van der Waals surface area contributed by atoms with Crippen LogP contribution in [0, 0.1) is 0 Å². The van der Waals surface area contributed by atoms with Crippen molar-refractivity contribution in [2.75, 3.05) is 44.8 Å². The number of nitrogens with zero attached hydrogens (tertiary/aromatic N) is 3. The van der Waals surface area contributed by atoms with Gasteiger partial charge >= 0.3 is 0 Å². The maximum atomic E-state index is 9.77. The molecule has 0 aromatic heterocycles. The third kappa shape index (κ3) is 4.20. The second kappa shape index (κ2) is 8.47. The van der Waals surface area contributed by atoms with E-state index in [4.69, 9.17) is 9.47 Å². The Balaban J connectivity index is 1.60. The summed E-state index contributed by atoms with van der Waals surface area (Å²) in [5.41, 5.74) is 2.02. The lowest BCUT2D eigenvalue weighted by molar-refractivity contribution is 0.271. The lowest BCUT2D eigenvalue weighted by Gasteiger charge is -2.35. The molecule has 1 saturated heterocycles. The van der Waals surface area contributed by atoms with Gasteiger partial charge in [0.25, 0.3) is 0 Å². The summed E-state index contributed by atoms with van der Waals surface area (Å²) < 4.78 is 10.9. The van der Waals surface area contributed by atoms with Gasteiger partial charge in [-0.25, -0.2) is 0 Å². The van der Waals surface area contributed by atoms with Crippen LogP contribution in [0.15, 0.2) is 47.6 Å². The van der Waals surface area contributed by atoms with Crippen LogP contribution in [-0.2, 0) is 0 Å². The number of benzene rings is 2. The summed E-state index contributed by atoms with van der Waals surface area (Å²) in [7, 11) is 1.70. The number of rotatable bonds is 6. The number of hydrazone groups is 1. The summed E-state index contributed by atoms with van der Waals surface area (Å²) in [4.78, 5) is 2.32. The van der Waals surface area contributed by atoms with E-state index in [1.807, 2.05) is 31.2 Å². The average molecular weight is 355 g/mol. The zero-order chi connectivity index (χ0) is 18.4. The van der Waals surface area contributed by atoms with Crippen molar-refractivity contribution in [3.05, 3.63) is 48.0 Å². The van der Waals surface area contributed by atoms with Gasteiger partial charge in [-0.3, -0.25) is 5.01 Å². The van der Waals surface area contributed by atoms with Crippen molar-refractivity contribution >= 4 is 11.9 Å². The highest BCUT2D eigenvalue weighted by atomic mass is 16.5. The Morgan fingerprint density at radius 1 is 1.08 bits per heavy atom. The molecule has 2 aromatic carbocycles. The number of hydrogen-bond donors (Lipinski definition) is 1. The van der Waals surface area contributed by atoms with E-state index in [-0.39, 0.29) is 5.75 Å². The summed E-state index contributed by atoms with van der Waals surface area (Å²) in [6.07, 6.45) is 1.81. The van der Waals surface area contributed by atoms with Gasteiger partial charge in [0, 0.05) is 13.1 Å². The van der Waals surface area contributed by atoms with Gasteiger partial charge in [-0.05, 0) is 42.8 Å². The van der Waals surface area contributed by atoms with Gasteiger partial charge in [0.2, 0.25) is 0 Å². The first-order valence-electron chi connectivity index (χ1n) is 8.84. The molecule has 0 unspecified atom stereocenters. The Hall–Kier alpha value is -2.89. The number of piperazine rings is 1. The molecule has 26 heavy (non-hydrogen) atoms. The van der Waals surface area contributed by atoms with Crippen molar-refractivity contribution < 1.29 is 14.6 Å². The number of phenols is 1. The quantitative estimate of drug-likeness (QED) is 0.808. The van der Waals surface area contributed by atoms with Gasteiger partial charge in [-0.1, -0.05) is 12.1 Å². The number of methoxy groups -OCH3 is 1. The SMILES string of the molecule is CCOc1cc(/C=N/N2CCN(c3ccccc3OC)CC2)ccc1O. The number of anilines is 1. The zero-order valence-electron chi connectivity index (χ0n) is 15.3. The Bertz CT molecular complexity index is 756. The van der Waals surface area contributed by atoms with Crippen molar-refractivity contribution in [3.63, 3.8) is 0 Å². The lowest BCUT2D eigenvalue weighted by Crippen LogP contribution is -2.44. The molecule has 1 fully saturated rings. The van der Waals surface area contributed by atoms with Crippen molar-refractivity contribution in [1.29, 1.82) is 0 Å². The van der Waals surface area contributed by atoms with Crippen molar-refractivity contribution in [3.8, 4) is 17.2 Å². The number of aromatic hydroxyl groups is 1. The monoisotopic (exact) mass is 355 g/mol. The predicted octanol–water partition coefficient (Wildman–Crippen LogP) is 2.96. The Morgan fingerprint density at radius 3 is 2.58 bits per heavy atom. The van der Waals surface area contributed by atoms with Crippen LogP contribution in [-0.4, -0.2) is 56.2 Å². The minimum absolute atomic E-state index is 0.148. The minimum atomic E-state index is 0.148. The second-order valence-electron chi connectivity index (χ2n) is 6.02. The van der Waals surface area contributed by atoms with Gasteiger partial charge in [-0.2, -0.15) is 5.10 Å².